The normalized spacial score (nSPS) is 15.7. The van der Waals surface area contributed by atoms with Crippen molar-refractivity contribution < 1.29 is 13.2 Å². The molecule has 0 atom stereocenters. The molecule has 118 valence electrons. The summed E-state index contributed by atoms with van der Waals surface area (Å²) in [6, 6.07) is 1.34. The molecule has 1 saturated carbocycles. The fraction of sp³-hybridized carbons (Fsp3) is 0.643. The minimum atomic E-state index is -3.81. The molecule has 7 heteroatoms. The minimum absolute atomic E-state index is 0.0261. The summed E-state index contributed by atoms with van der Waals surface area (Å²) in [6.07, 6.45) is 6.99. The molecule has 1 aromatic rings. The van der Waals surface area contributed by atoms with Gasteiger partial charge in [0, 0.05) is 30.0 Å². The van der Waals surface area contributed by atoms with E-state index in [9.17, 15) is 13.2 Å². The largest absolute Gasteiger partial charge is 0.351 e. The van der Waals surface area contributed by atoms with Crippen molar-refractivity contribution in [2.45, 2.75) is 50.5 Å². The van der Waals surface area contributed by atoms with Gasteiger partial charge in [0.1, 0.15) is 10.6 Å². The number of carbonyl (C=O) groups is 1. The number of nitrogens with one attached hydrogen (secondary N) is 1. The van der Waals surface area contributed by atoms with Crippen molar-refractivity contribution in [2.24, 2.45) is 5.92 Å². The summed E-state index contributed by atoms with van der Waals surface area (Å²) in [5.41, 5.74) is 0.352. The van der Waals surface area contributed by atoms with E-state index in [0.717, 1.165) is 18.8 Å². The Morgan fingerprint density at radius 2 is 2.19 bits per heavy atom. The highest BCUT2D eigenvalue weighted by Gasteiger charge is 2.21. The van der Waals surface area contributed by atoms with E-state index in [-0.39, 0.29) is 10.8 Å². The molecule has 1 N–H and O–H groups in total. The van der Waals surface area contributed by atoms with E-state index < -0.39 is 9.05 Å². The van der Waals surface area contributed by atoms with E-state index in [1.807, 2.05) is 6.92 Å². The van der Waals surface area contributed by atoms with Gasteiger partial charge in [-0.1, -0.05) is 26.2 Å². The van der Waals surface area contributed by atoms with Gasteiger partial charge in [-0.05, 0) is 24.8 Å². The second-order valence-electron chi connectivity index (χ2n) is 5.53. The van der Waals surface area contributed by atoms with Crippen molar-refractivity contribution in [1.29, 1.82) is 0 Å². The molecule has 0 aliphatic heterocycles. The van der Waals surface area contributed by atoms with Crippen LogP contribution in [-0.4, -0.2) is 25.4 Å². The van der Waals surface area contributed by atoms with Gasteiger partial charge in [0.05, 0.1) is 0 Å². The van der Waals surface area contributed by atoms with E-state index in [1.54, 1.807) is 4.57 Å². The second kappa shape index (κ2) is 6.83. The zero-order valence-electron chi connectivity index (χ0n) is 12.1. The van der Waals surface area contributed by atoms with Gasteiger partial charge in [0.15, 0.2) is 0 Å². The fourth-order valence-corrected chi connectivity index (χ4v) is 3.25. The molecule has 21 heavy (non-hydrogen) atoms. The van der Waals surface area contributed by atoms with Crippen LogP contribution < -0.4 is 5.32 Å². The Morgan fingerprint density at radius 3 is 2.71 bits per heavy atom. The van der Waals surface area contributed by atoms with Crippen LogP contribution in [0.3, 0.4) is 0 Å². The van der Waals surface area contributed by atoms with E-state index in [4.69, 9.17) is 10.7 Å². The Bertz CT molecular complexity index is 606. The highest BCUT2D eigenvalue weighted by atomic mass is 35.7. The van der Waals surface area contributed by atoms with Gasteiger partial charge in [-0.3, -0.25) is 4.79 Å². The van der Waals surface area contributed by atoms with Gasteiger partial charge >= 0.3 is 0 Å². The molecule has 1 fully saturated rings. The van der Waals surface area contributed by atoms with Gasteiger partial charge in [0.25, 0.3) is 15.0 Å². The van der Waals surface area contributed by atoms with Crippen molar-refractivity contribution in [3.8, 4) is 0 Å². The molecule has 5 nitrogen and oxygen atoms in total. The Balaban J connectivity index is 2.04. The average molecular weight is 333 g/mol. The summed E-state index contributed by atoms with van der Waals surface area (Å²) in [4.78, 5) is 12.2. The van der Waals surface area contributed by atoms with Crippen molar-refractivity contribution in [3.63, 3.8) is 0 Å². The van der Waals surface area contributed by atoms with Gasteiger partial charge < -0.3 is 9.88 Å². The van der Waals surface area contributed by atoms with Gasteiger partial charge in [-0.25, -0.2) is 8.42 Å². The van der Waals surface area contributed by atoms with Crippen LogP contribution in [0.4, 0.5) is 0 Å². The molecule has 1 aromatic heterocycles. The summed E-state index contributed by atoms with van der Waals surface area (Å²) < 4.78 is 24.4. The molecule has 0 bridgehead atoms. The molecule has 1 aliphatic rings. The summed E-state index contributed by atoms with van der Waals surface area (Å²) in [5.74, 6) is 0.487. The molecular weight excluding hydrogens is 312 g/mol. The zero-order valence-corrected chi connectivity index (χ0v) is 13.7. The first-order valence-electron chi connectivity index (χ1n) is 7.35. The summed E-state index contributed by atoms with van der Waals surface area (Å²) >= 11 is 0. The van der Waals surface area contributed by atoms with Crippen molar-refractivity contribution in [3.05, 3.63) is 18.0 Å². The molecule has 0 radical (unpaired) electrons. The minimum Gasteiger partial charge on any atom is -0.351 e. The molecule has 0 saturated heterocycles. The van der Waals surface area contributed by atoms with Crippen LogP contribution in [0.15, 0.2) is 17.2 Å². The third-order valence-electron chi connectivity index (χ3n) is 3.91. The first-order chi connectivity index (χ1) is 9.91. The molecule has 0 aromatic carbocycles. The highest BCUT2D eigenvalue weighted by Crippen LogP contribution is 2.28. The number of nitrogens with zero attached hydrogens (tertiary/aromatic N) is 1. The van der Waals surface area contributed by atoms with E-state index in [1.165, 1.54) is 31.5 Å². The Kier molecular flexibility index (Phi) is 5.32. The van der Waals surface area contributed by atoms with E-state index in [2.05, 4.69) is 5.32 Å². The molecule has 0 spiro atoms. The number of aromatic nitrogens is 1. The highest BCUT2D eigenvalue weighted by molar-refractivity contribution is 8.13. The second-order valence-corrected chi connectivity index (χ2v) is 8.10. The summed E-state index contributed by atoms with van der Waals surface area (Å²) in [5, 5.41) is 2.86. The van der Waals surface area contributed by atoms with Gasteiger partial charge in [-0.2, -0.15) is 0 Å². The van der Waals surface area contributed by atoms with Gasteiger partial charge in [-0.15, -0.1) is 0 Å². The lowest BCUT2D eigenvalue weighted by Crippen LogP contribution is -2.29. The Hall–Kier alpha value is -1.01. The van der Waals surface area contributed by atoms with Crippen LogP contribution in [0.25, 0.3) is 0 Å². The quantitative estimate of drug-likeness (QED) is 0.781. The third kappa shape index (κ3) is 4.23. The number of carbonyl (C=O) groups excluding carboxylic acids is 1. The van der Waals surface area contributed by atoms with Gasteiger partial charge in [0.2, 0.25) is 0 Å². The van der Waals surface area contributed by atoms with Crippen LogP contribution in [0.1, 0.15) is 49.5 Å². The van der Waals surface area contributed by atoms with Crippen molar-refractivity contribution in [1.82, 2.24) is 9.88 Å². The Morgan fingerprint density at radius 1 is 1.48 bits per heavy atom. The van der Waals surface area contributed by atoms with Crippen LogP contribution in [-0.2, 0) is 15.6 Å². The van der Waals surface area contributed by atoms with Crippen LogP contribution in [0, 0.1) is 5.92 Å². The number of rotatable bonds is 7. The number of aryl methyl sites for hydroxylation is 1. The third-order valence-corrected chi connectivity index (χ3v) is 5.23. The lowest BCUT2D eigenvalue weighted by atomic mass is 9.83. The molecule has 1 aliphatic carbocycles. The number of amides is 1. The molecule has 1 heterocycles. The molecular formula is C14H21ClN2O3S. The van der Waals surface area contributed by atoms with Crippen LogP contribution in [0.2, 0.25) is 0 Å². The predicted octanol–water partition coefficient (Wildman–Crippen LogP) is 2.75. The van der Waals surface area contributed by atoms with Crippen molar-refractivity contribution in [2.75, 3.05) is 6.54 Å². The summed E-state index contributed by atoms with van der Waals surface area (Å²) in [7, 11) is 1.53. The lowest BCUT2D eigenvalue weighted by Gasteiger charge is -2.25. The topological polar surface area (TPSA) is 68.2 Å². The number of halogens is 1. The Labute approximate surface area is 130 Å². The predicted molar refractivity (Wildman–Crippen MR) is 82.1 cm³/mol. The monoisotopic (exact) mass is 332 g/mol. The first-order valence-corrected chi connectivity index (χ1v) is 9.65. The lowest BCUT2D eigenvalue weighted by molar-refractivity contribution is 0.0939. The maximum Gasteiger partial charge on any atom is 0.267 e. The fourth-order valence-electron chi connectivity index (χ4n) is 2.50. The van der Waals surface area contributed by atoms with E-state index >= 15 is 0 Å². The smallest absolute Gasteiger partial charge is 0.267 e. The number of hydrogen-bond donors (Lipinski definition) is 1. The van der Waals surface area contributed by atoms with Crippen molar-refractivity contribution >= 4 is 25.6 Å². The molecule has 2 rings (SSSR count). The number of hydrogen-bond acceptors (Lipinski definition) is 3. The standard InChI is InChI=1S/C14H21ClN2O3S/c1-2-8-17-10-12(21(15,19)20)9-13(17)14(18)16-7-6-11-4-3-5-11/h9-11H,2-8H2,1H3,(H,16,18). The average Bonchev–Trinajstić information content (AvgIpc) is 2.76. The van der Waals surface area contributed by atoms with E-state index in [0.29, 0.717) is 18.8 Å². The maximum atomic E-state index is 12.2. The van der Waals surface area contributed by atoms with Crippen LogP contribution >= 0.6 is 10.7 Å². The first kappa shape index (κ1) is 16.4. The SMILES string of the molecule is CCCn1cc(S(=O)(=O)Cl)cc1C(=O)NCCC1CCC1. The zero-order chi connectivity index (χ0) is 15.5. The molecule has 0 unspecified atom stereocenters. The summed E-state index contributed by atoms with van der Waals surface area (Å²) in [6.45, 7) is 3.18. The van der Waals surface area contributed by atoms with Crippen LogP contribution in [0.5, 0.6) is 0 Å². The molecule has 1 amide bonds. The maximum absolute atomic E-state index is 12.2.